The fourth-order valence-corrected chi connectivity index (χ4v) is 3.59. The molecule has 0 atom stereocenters. The molecule has 1 aliphatic rings. The minimum absolute atomic E-state index is 0.188. The van der Waals surface area contributed by atoms with E-state index in [0.29, 0.717) is 30.2 Å². The number of aromatic amines is 1. The zero-order chi connectivity index (χ0) is 20.4. The predicted octanol–water partition coefficient (Wildman–Crippen LogP) is 4.01. The summed E-state index contributed by atoms with van der Waals surface area (Å²) >= 11 is 5.37. The van der Waals surface area contributed by atoms with Gasteiger partial charge in [-0.1, -0.05) is 38.1 Å². The summed E-state index contributed by atoms with van der Waals surface area (Å²) in [5.41, 5.74) is 2.08. The van der Waals surface area contributed by atoms with Crippen LogP contribution in [0.2, 0.25) is 0 Å². The number of fused-ring (bicyclic) bond motifs is 1. The number of hydrogen-bond acceptors (Lipinski definition) is 4. The van der Waals surface area contributed by atoms with E-state index < -0.39 is 0 Å². The number of hydrogen-bond donors (Lipinski definition) is 2. The van der Waals surface area contributed by atoms with E-state index in [1.54, 1.807) is 10.8 Å². The van der Waals surface area contributed by atoms with Crippen molar-refractivity contribution in [1.29, 1.82) is 0 Å². The van der Waals surface area contributed by atoms with Gasteiger partial charge in [0.15, 0.2) is 16.3 Å². The molecule has 0 fully saturated rings. The van der Waals surface area contributed by atoms with E-state index in [1.807, 2.05) is 48.5 Å². The van der Waals surface area contributed by atoms with Crippen LogP contribution in [0.4, 0.5) is 0 Å². The molecule has 0 saturated heterocycles. The molecule has 0 aliphatic carbocycles. The lowest BCUT2D eigenvalue weighted by molar-refractivity contribution is 0.0938. The molecule has 6 nitrogen and oxygen atoms in total. The highest BCUT2D eigenvalue weighted by Gasteiger charge is 2.25. The van der Waals surface area contributed by atoms with Crippen molar-refractivity contribution >= 4 is 18.1 Å². The summed E-state index contributed by atoms with van der Waals surface area (Å²) in [6, 6.07) is 15.5. The van der Waals surface area contributed by atoms with Gasteiger partial charge in [0.25, 0.3) is 5.91 Å². The first-order valence-electron chi connectivity index (χ1n) is 9.50. The van der Waals surface area contributed by atoms with Crippen molar-refractivity contribution in [2.45, 2.75) is 19.3 Å². The van der Waals surface area contributed by atoms with Gasteiger partial charge >= 0.3 is 0 Å². The molecule has 29 heavy (non-hydrogen) atoms. The topological polar surface area (TPSA) is 68.3 Å². The second-order valence-electron chi connectivity index (χ2n) is 7.58. The first kappa shape index (κ1) is 19.3. The standard InChI is InChI=1S/C22H23N3O3S/c1-22(2,15-8-9-18-19(12-15)28-11-10-27-18)14-24-20(26)17-13-23-21(29)25(17)16-6-4-3-5-7-16/h3-9,12-13H,10-11,14H2,1-2H3,(H,23,29)(H,24,26). The number of rotatable bonds is 5. The SMILES string of the molecule is CC(C)(CNC(=O)c1c[nH]c(=S)n1-c1ccccc1)c1ccc2c(c1)OCCO2. The van der Waals surface area contributed by atoms with Crippen LogP contribution < -0.4 is 14.8 Å². The van der Waals surface area contributed by atoms with Crippen molar-refractivity contribution < 1.29 is 14.3 Å². The van der Waals surface area contributed by atoms with Gasteiger partial charge in [0.2, 0.25) is 0 Å². The number of H-pyrrole nitrogens is 1. The van der Waals surface area contributed by atoms with Gasteiger partial charge in [0, 0.05) is 23.8 Å². The second-order valence-corrected chi connectivity index (χ2v) is 7.96. The summed E-state index contributed by atoms with van der Waals surface area (Å²) in [5.74, 6) is 1.32. The summed E-state index contributed by atoms with van der Waals surface area (Å²) in [6.45, 7) is 5.73. The number of carbonyl (C=O) groups is 1. The van der Waals surface area contributed by atoms with Gasteiger partial charge in [-0.25, -0.2) is 0 Å². The van der Waals surface area contributed by atoms with Crippen molar-refractivity contribution in [2.24, 2.45) is 0 Å². The molecule has 2 heterocycles. The van der Waals surface area contributed by atoms with Crippen molar-refractivity contribution in [2.75, 3.05) is 19.8 Å². The van der Waals surface area contributed by atoms with Gasteiger partial charge in [0.05, 0.1) is 0 Å². The van der Waals surface area contributed by atoms with E-state index in [2.05, 4.69) is 24.1 Å². The highest BCUT2D eigenvalue weighted by Crippen LogP contribution is 2.35. The molecule has 150 valence electrons. The quantitative estimate of drug-likeness (QED) is 0.625. The van der Waals surface area contributed by atoms with Crippen LogP contribution >= 0.6 is 12.2 Å². The Bertz CT molecular complexity index is 1090. The lowest BCUT2D eigenvalue weighted by Gasteiger charge is -2.28. The zero-order valence-electron chi connectivity index (χ0n) is 16.4. The van der Waals surface area contributed by atoms with Gasteiger partial charge in [-0.15, -0.1) is 0 Å². The van der Waals surface area contributed by atoms with Gasteiger partial charge in [-0.05, 0) is 42.0 Å². The molecule has 2 aromatic carbocycles. The Morgan fingerprint density at radius 2 is 1.86 bits per heavy atom. The van der Waals surface area contributed by atoms with Crippen LogP contribution in [0.3, 0.4) is 0 Å². The Morgan fingerprint density at radius 1 is 1.14 bits per heavy atom. The smallest absolute Gasteiger partial charge is 0.269 e. The highest BCUT2D eigenvalue weighted by atomic mass is 32.1. The third-order valence-electron chi connectivity index (χ3n) is 5.04. The molecular weight excluding hydrogens is 386 g/mol. The second kappa shape index (κ2) is 7.75. The largest absolute Gasteiger partial charge is 0.486 e. The highest BCUT2D eigenvalue weighted by molar-refractivity contribution is 7.71. The van der Waals surface area contributed by atoms with Gasteiger partial charge in [0.1, 0.15) is 18.9 Å². The molecule has 0 unspecified atom stereocenters. The Balaban J connectivity index is 1.52. The molecule has 1 aromatic heterocycles. The molecule has 0 bridgehead atoms. The zero-order valence-corrected chi connectivity index (χ0v) is 17.2. The Hall–Kier alpha value is -3.06. The minimum atomic E-state index is -0.295. The predicted molar refractivity (Wildman–Crippen MR) is 114 cm³/mol. The molecule has 0 spiro atoms. The molecule has 2 N–H and O–H groups in total. The van der Waals surface area contributed by atoms with Gasteiger partial charge < -0.3 is 19.8 Å². The maximum absolute atomic E-state index is 12.9. The number of para-hydroxylation sites is 1. The number of benzene rings is 2. The monoisotopic (exact) mass is 409 g/mol. The summed E-state index contributed by atoms with van der Waals surface area (Å²) in [6.07, 6.45) is 1.64. The summed E-state index contributed by atoms with van der Waals surface area (Å²) in [5, 5.41) is 3.04. The number of nitrogens with one attached hydrogen (secondary N) is 2. The maximum atomic E-state index is 12.9. The van der Waals surface area contributed by atoms with Crippen LogP contribution in [0.5, 0.6) is 11.5 Å². The van der Waals surface area contributed by atoms with E-state index in [9.17, 15) is 4.79 Å². The Kier molecular flexibility index (Phi) is 5.15. The van der Waals surface area contributed by atoms with E-state index in [1.165, 1.54) is 0 Å². The summed E-state index contributed by atoms with van der Waals surface area (Å²) in [7, 11) is 0. The molecule has 1 aliphatic heterocycles. The average Bonchev–Trinajstić information content (AvgIpc) is 3.14. The van der Waals surface area contributed by atoms with Crippen LogP contribution in [0.15, 0.2) is 54.7 Å². The first-order chi connectivity index (χ1) is 14.0. The van der Waals surface area contributed by atoms with Crippen molar-refractivity contribution in [3.8, 4) is 17.2 Å². The van der Waals surface area contributed by atoms with Gasteiger partial charge in [-0.2, -0.15) is 0 Å². The van der Waals surface area contributed by atoms with E-state index in [0.717, 1.165) is 22.7 Å². The third kappa shape index (κ3) is 3.91. The molecule has 1 amide bonds. The molecule has 4 rings (SSSR count). The normalized spacial score (nSPS) is 13.2. The number of ether oxygens (including phenoxy) is 2. The van der Waals surface area contributed by atoms with Crippen molar-refractivity contribution in [1.82, 2.24) is 14.9 Å². The minimum Gasteiger partial charge on any atom is -0.486 e. The lowest BCUT2D eigenvalue weighted by Crippen LogP contribution is -2.37. The molecule has 3 aromatic rings. The molecule has 0 radical (unpaired) electrons. The number of nitrogens with zero attached hydrogens (tertiary/aromatic N) is 1. The van der Waals surface area contributed by atoms with Crippen molar-refractivity contribution in [3.63, 3.8) is 0 Å². The van der Waals surface area contributed by atoms with Crippen LogP contribution in [0.1, 0.15) is 29.9 Å². The molecule has 0 saturated carbocycles. The van der Waals surface area contributed by atoms with E-state index in [4.69, 9.17) is 21.7 Å². The number of imidazole rings is 1. The maximum Gasteiger partial charge on any atom is 0.269 e. The Morgan fingerprint density at radius 3 is 2.62 bits per heavy atom. The molecule has 7 heteroatoms. The molecular formula is C22H23N3O3S. The van der Waals surface area contributed by atoms with Crippen LogP contribution in [0.25, 0.3) is 5.69 Å². The van der Waals surface area contributed by atoms with Crippen LogP contribution in [-0.2, 0) is 5.41 Å². The number of aromatic nitrogens is 2. The summed E-state index contributed by atoms with van der Waals surface area (Å²) in [4.78, 5) is 15.9. The third-order valence-corrected chi connectivity index (χ3v) is 5.34. The lowest BCUT2D eigenvalue weighted by atomic mass is 9.84. The van der Waals surface area contributed by atoms with E-state index in [-0.39, 0.29) is 11.3 Å². The fraction of sp³-hybridized carbons (Fsp3) is 0.273. The first-order valence-corrected chi connectivity index (χ1v) is 9.91. The van der Waals surface area contributed by atoms with Crippen LogP contribution in [0, 0.1) is 4.77 Å². The Labute approximate surface area is 174 Å². The van der Waals surface area contributed by atoms with Crippen LogP contribution in [-0.4, -0.2) is 35.2 Å². The number of amides is 1. The van der Waals surface area contributed by atoms with E-state index >= 15 is 0 Å². The number of carbonyl (C=O) groups excluding carboxylic acids is 1. The average molecular weight is 410 g/mol. The summed E-state index contributed by atoms with van der Waals surface area (Å²) < 4.78 is 13.5. The fourth-order valence-electron chi connectivity index (χ4n) is 3.33. The van der Waals surface area contributed by atoms with Gasteiger partial charge in [-0.3, -0.25) is 9.36 Å². The van der Waals surface area contributed by atoms with Crippen molar-refractivity contribution in [3.05, 3.63) is 70.8 Å².